The van der Waals surface area contributed by atoms with E-state index in [0.29, 0.717) is 0 Å². The fraction of sp³-hybridized carbons (Fsp3) is 0.333. The fourth-order valence-electron chi connectivity index (χ4n) is 0.453. The Kier molecular flexibility index (Phi) is 25.9. The Bertz CT molecular complexity index is 142. The summed E-state index contributed by atoms with van der Waals surface area (Å²) >= 11 is 0. The van der Waals surface area contributed by atoms with Crippen molar-refractivity contribution < 1.29 is 32.7 Å². The number of anilines is 1. The van der Waals surface area contributed by atoms with E-state index in [1.54, 1.807) is 0 Å². The third kappa shape index (κ3) is 12.7. The maximum absolute atomic E-state index is 5.75. The molecule has 0 aliphatic rings. The monoisotopic (exact) mass is 242 g/mol. The molecule has 2 nitrogen and oxygen atoms in total. The zero-order chi connectivity index (χ0) is 9.11. The molecule has 0 atom stereocenters. The largest absolute Gasteiger partial charge is 0.680 e. The average molecular weight is 242 g/mol. The van der Waals surface area contributed by atoms with Gasteiger partial charge in [-0.15, -0.1) is 0 Å². The average Bonchev–Trinajstić information content (AvgIpc) is 2.13. The zero-order valence-electron chi connectivity index (χ0n) is 8.04. The van der Waals surface area contributed by atoms with Crippen molar-refractivity contribution in [1.29, 1.82) is 0 Å². The van der Waals surface area contributed by atoms with Crippen molar-refractivity contribution in [3.63, 3.8) is 0 Å². The van der Waals surface area contributed by atoms with Gasteiger partial charge < -0.3 is 11.5 Å². The number of nitrogens with one attached hydrogen (secondary N) is 1. The first-order chi connectivity index (χ1) is 5.39. The predicted octanol–water partition coefficient (Wildman–Crippen LogP) is 2.96. The Hall–Kier alpha value is 0.0839. The van der Waals surface area contributed by atoms with E-state index in [1.807, 2.05) is 44.2 Å². The second-order valence-electron chi connectivity index (χ2n) is 1.41. The van der Waals surface area contributed by atoms with Gasteiger partial charge in [0.25, 0.3) is 0 Å². The van der Waals surface area contributed by atoms with Crippen LogP contribution in [0.15, 0.2) is 30.3 Å². The van der Waals surface area contributed by atoms with Crippen LogP contribution in [-0.2, 0) is 32.7 Å². The number of benzene rings is 1. The second kappa shape index (κ2) is 17.2. The van der Waals surface area contributed by atoms with Gasteiger partial charge in [0.05, 0.1) is 0 Å². The number of hydrogen-bond donors (Lipinski definition) is 1. The van der Waals surface area contributed by atoms with E-state index in [4.69, 9.17) is 11.5 Å². The summed E-state index contributed by atoms with van der Waals surface area (Å²) in [6.45, 7) is 4.00. The summed E-state index contributed by atoms with van der Waals surface area (Å²) in [5, 5.41) is 0. The molecule has 0 aromatic heterocycles. The van der Waals surface area contributed by atoms with Crippen molar-refractivity contribution in [2.24, 2.45) is 0 Å². The first-order valence-corrected chi connectivity index (χ1v) is 3.70. The molecule has 0 unspecified atom stereocenters. The molecule has 1 aromatic rings. The van der Waals surface area contributed by atoms with Gasteiger partial charge in [0.2, 0.25) is 0 Å². The van der Waals surface area contributed by atoms with E-state index in [2.05, 4.69) is 0 Å². The molecule has 3 heteroatoms. The Morgan fingerprint density at radius 1 is 1.00 bits per heavy atom. The molecule has 0 aliphatic heterocycles. The summed E-state index contributed by atoms with van der Waals surface area (Å²) in [5.74, 6) is 0. The van der Waals surface area contributed by atoms with Gasteiger partial charge in [-0.25, -0.2) is 0 Å². The molecule has 0 amide bonds. The molecule has 0 spiro atoms. The van der Waals surface area contributed by atoms with Crippen molar-refractivity contribution in [1.82, 2.24) is 0 Å². The van der Waals surface area contributed by atoms with Gasteiger partial charge in [0.15, 0.2) is 0 Å². The molecule has 3 N–H and O–H groups in total. The van der Waals surface area contributed by atoms with E-state index in [-0.39, 0.29) is 32.7 Å². The van der Waals surface area contributed by atoms with Crippen molar-refractivity contribution in [2.75, 3.05) is 12.8 Å². The minimum Gasteiger partial charge on any atom is -0.680 e. The fourth-order valence-corrected chi connectivity index (χ4v) is 0.453. The van der Waals surface area contributed by atoms with Crippen LogP contribution in [0, 0.1) is 0 Å². The Labute approximate surface area is 101 Å². The van der Waals surface area contributed by atoms with Crippen LogP contribution in [0.4, 0.5) is 5.69 Å². The predicted molar refractivity (Wildman–Crippen MR) is 52.4 cm³/mol. The normalized spacial score (nSPS) is 6.00. The van der Waals surface area contributed by atoms with E-state index < -0.39 is 0 Å². The molecule has 0 saturated carbocycles. The van der Waals surface area contributed by atoms with E-state index in [9.17, 15) is 0 Å². The number of para-hydroxylation sites is 1. The molecule has 12 heavy (non-hydrogen) atoms. The topological polar surface area (TPSA) is 49.8 Å². The van der Waals surface area contributed by atoms with Gasteiger partial charge >= 0.3 is 0 Å². The molecule has 1 radical (unpaired) electrons. The molecular weight excluding hydrogens is 225 g/mol. The molecule has 0 bridgehead atoms. The molecule has 0 heterocycles. The summed E-state index contributed by atoms with van der Waals surface area (Å²) in [4.78, 5) is 0. The SMILES string of the molecule is CC.C[NH-].Nc1ccccc1.[Y]. The zero-order valence-corrected chi connectivity index (χ0v) is 10.9. The standard InChI is InChI=1S/C6H7N.C2H6.CH4N.Y/c7-6-4-2-1-3-5-6;2*1-2;/h1-5H,7H2;1-2H3;2H,1H3;/q;;-1;. The maximum Gasteiger partial charge on any atom is 0.0313 e. The number of hydrogen-bond acceptors (Lipinski definition) is 1. The number of nitrogen functional groups attached to an aromatic ring is 1. The van der Waals surface area contributed by atoms with E-state index >= 15 is 0 Å². The second-order valence-corrected chi connectivity index (χ2v) is 1.41. The first-order valence-electron chi connectivity index (χ1n) is 3.70. The van der Waals surface area contributed by atoms with Crippen LogP contribution in [0.5, 0.6) is 0 Å². The van der Waals surface area contributed by atoms with Crippen LogP contribution in [0.1, 0.15) is 13.8 Å². The molecule has 0 aliphatic carbocycles. The van der Waals surface area contributed by atoms with Crippen molar-refractivity contribution in [2.45, 2.75) is 13.8 Å². The quantitative estimate of drug-likeness (QED) is 0.698. The Morgan fingerprint density at radius 2 is 1.33 bits per heavy atom. The third-order valence-electron chi connectivity index (χ3n) is 0.800. The molecule has 0 fully saturated rings. The minimum atomic E-state index is 0. The summed E-state index contributed by atoms with van der Waals surface area (Å²) < 4.78 is 0. The van der Waals surface area contributed by atoms with E-state index in [1.165, 1.54) is 7.05 Å². The summed E-state index contributed by atoms with van der Waals surface area (Å²) in [7, 11) is 1.25. The van der Waals surface area contributed by atoms with Crippen molar-refractivity contribution in [3.05, 3.63) is 36.1 Å². The third-order valence-corrected chi connectivity index (χ3v) is 0.800. The van der Waals surface area contributed by atoms with E-state index in [0.717, 1.165) is 5.69 Å². The minimum absolute atomic E-state index is 0. The van der Waals surface area contributed by atoms with Crippen LogP contribution in [0.25, 0.3) is 5.73 Å². The first kappa shape index (κ1) is 18.0. The van der Waals surface area contributed by atoms with Crippen LogP contribution < -0.4 is 5.73 Å². The number of nitrogens with two attached hydrogens (primary N) is 1. The summed E-state index contributed by atoms with van der Waals surface area (Å²) in [6, 6.07) is 9.49. The molecule has 67 valence electrons. The smallest absolute Gasteiger partial charge is 0.0313 e. The van der Waals surface area contributed by atoms with Crippen LogP contribution in [0.3, 0.4) is 0 Å². The van der Waals surface area contributed by atoms with Crippen LogP contribution >= 0.6 is 0 Å². The van der Waals surface area contributed by atoms with Gasteiger partial charge in [0, 0.05) is 38.4 Å². The Balaban J connectivity index is -0.000000144. The molecular formula is C9H17N2Y-. The number of rotatable bonds is 0. The molecule has 0 saturated heterocycles. The van der Waals surface area contributed by atoms with Gasteiger partial charge in [-0.05, 0) is 12.1 Å². The summed E-state index contributed by atoms with van der Waals surface area (Å²) in [6.07, 6.45) is 0. The Morgan fingerprint density at radius 3 is 1.50 bits per heavy atom. The van der Waals surface area contributed by atoms with Crippen molar-refractivity contribution >= 4 is 5.69 Å². The summed E-state index contributed by atoms with van der Waals surface area (Å²) in [5.41, 5.74) is 11.9. The van der Waals surface area contributed by atoms with Gasteiger partial charge in [-0.3, -0.25) is 0 Å². The van der Waals surface area contributed by atoms with Crippen molar-refractivity contribution in [3.8, 4) is 0 Å². The van der Waals surface area contributed by atoms with Gasteiger partial charge in [-0.2, -0.15) is 7.05 Å². The van der Waals surface area contributed by atoms with Crippen LogP contribution in [-0.4, -0.2) is 7.05 Å². The molecule has 1 aromatic carbocycles. The van der Waals surface area contributed by atoms with Crippen LogP contribution in [0.2, 0.25) is 0 Å². The molecule has 1 rings (SSSR count). The maximum atomic E-state index is 5.75. The van der Waals surface area contributed by atoms with Gasteiger partial charge in [-0.1, -0.05) is 32.0 Å². The van der Waals surface area contributed by atoms with Gasteiger partial charge in [0.1, 0.15) is 0 Å².